The van der Waals surface area contributed by atoms with Crippen LogP contribution in [0.15, 0.2) is 54.7 Å². The van der Waals surface area contributed by atoms with Gasteiger partial charge in [0.25, 0.3) is 0 Å². The van der Waals surface area contributed by atoms with Gasteiger partial charge in [-0.15, -0.1) is 0 Å². The molecule has 0 N–H and O–H groups in total. The largest absolute Gasteiger partial charge is 0.443 e. The molecule has 1 atom stereocenters. The molecule has 3 aromatic rings. The normalized spacial score (nSPS) is 18.6. The van der Waals surface area contributed by atoms with Crippen LogP contribution >= 0.6 is 0 Å². The first kappa shape index (κ1) is 25.5. The van der Waals surface area contributed by atoms with Crippen LogP contribution in [0.1, 0.15) is 56.7 Å². The lowest BCUT2D eigenvalue weighted by molar-refractivity contribution is -0.0275. The smallest absolute Gasteiger partial charge is 0.414 e. The maximum absolute atomic E-state index is 12.5. The van der Waals surface area contributed by atoms with Crippen LogP contribution in [-0.4, -0.2) is 59.4 Å². The monoisotopic (exact) mass is 502 g/mol. The second kappa shape index (κ2) is 10.3. The van der Waals surface area contributed by atoms with E-state index in [-0.39, 0.29) is 18.3 Å². The van der Waals surface area contributed by atoms with Crippen LogP contribution in [0.4, 0.5) is 10.5 Å². The summed E-state index contributed by atoms with van der Waals surface area (Å²) in [5, 5.41) is 0. The van der Waals surface area contributed by atoms with Crippen molar-refractivity contribution in [1.29, 1.82) is 0 Å². The van der Waals surface area contributed by atoms with E-state index in [9.17, 15) is 4.79 Å². The molecule has 0 saturated carbocycles. The molecule has 1 saturated heterocycles. The number of nitrogens with zero attached hydrogens (tertiary/aromatic N) is 4. The van der Waals surface area contributed by atoms with E-state index in [1.807, 2.05) is 45.0 Å². The molecule has 1 amide bonds. The highest BCUT2D eigenvalue weighted by atomic mass is 16.6. The third kappa shape index (κ3) is 5.73. The number of anilines is 1. The summed E-state index contributed by atoms with van der Waals surface area (Å²) in [4.78, 5) is 21.5. The number of hydrogen-bond acceptors (Lipinski definition) is 5. The van der Waals surface area contributed by atoms with Crippen LogP contribution in [0, 0.1) is 0 Å². The van der Waals surface area contributed by atoms with Gasteiger partial charge in [-0.25, -0.2) is 9.78 Å². The van der Waals surface area contributed by atoms with Gasteiger partial charge in [-0.1, -0.05) is 36.4 Å². The first-order valence-electron chi connectivity index (χ1n) is 13.2. The molecule has 7 heteroatoms. The fraction of sp³-hybridized carbons (Fsp3) is 0.467. The van der Waals surface area contributed by atoms with E-state index >= 15 is 0 Å². The molecular weight excluding hydrogens is 464 g/mol. The first-order valence-corrected chi connectivity index (χ1v) is 13.2. The average Bonchev–Trinajstić information content (AvgIpc) is 3.24. The molecule has 7 nitrogen and oxygen atoms in total. The van der Waals surface area contributed by atoms with Crippen LogP contribution in [-0.2, 0) is 22.4 Å². The van der Waals surface area contributed by atoms with Gasteiger partial charge in [-0.2, -0.15) is 0 Å². The molecule has 2 aliphatic heterocycles. The number of rotatable bonds is 4. The molecule has 5 rings (SSSR count). The van der Waals surface area contributed by atoms with E-state index in [0.717, 1.165) is 61.7 Å². The Kier molecular flexibility index (Phi) is 7.10. The summed E-state index contributed by atoms with van der Waals surface area (Å²) in [5.41, 5.74) is 4.72. The van der Waals surface area contributed by atoms with Gasteiger partial charge in [0, 0.05) is 44.1 Å². The molecule has 3 heterocycles. The standard InChI is InChI=1S/C30H38N4O3/c1-30(2,3)37-29(35)33(5)23-12-10-22(11-13-23)26-20-34-19-14-21-8-6-7-9-25(21)27(28(34)31-26)36-24-15-17-32(4)18-16-24/h6-13,20,24,27H,14-19H2,1-5H3. The summed E-state index contributed by atoms with van der Waals surface area (Å²) in [7, 11) is 3.90. The summed E-state index contributed by atoms with van der Waals surface area (Å²) in [6.07, 6.45) is 4.83. The minimum Gasteiger partial charge on any atom is -0.443 e. The molecule has 0 spiro atoms. The minimum absolute atomic E-state index is 0.182. The molecule has 1 unspecified atom stereocenters. The third-order valence-electron chi connectivity index (χ3n) is 7.21. The van der Waals surface area contributed by atoms with Crippen LogP contribution in [0.2, 0.25) is 0 Å². The topological polar surface area (TPSA) is 59.8 Å². The number of piperidine rings is 1. The van der Waals surface area contributed by atoms with Crippen molar-refractivity contribution in [1.82, 2.24) is 14.5 Å². The average molecular weight is 503 g/mol. The van der Waals surface area contributed by atoms with E-state index < -0.39 is 5.60 Å². The third-order valence-corrected chi connectivity index (χ3v) is 7.21. The Morgan fingerprint density at radius 1 is 1.03 bits per heavy atom. The Hall–Kier alpha value is -3.16. The van der Waals surface area contributed by atoms with Crippen molar-refractivity contribution in [3.8, 4) is 11.3 Å². The Morgan fingerprint density at radius 3 is 2.43 bits per heavy atom. The minimum atomic E-state index is -0.537. The van der Waals surface area contributed by atoms with E-state index in [4.69, 9.17) is 14.5 Å². The highest BCUT2D eigenvalue weighted by Crippen LogP contribution is 2.36. The van der Waals surface area contributed by atoms with Gasteiger partial charge < -0.3 is 18.9 Å². The number of aryl methyl sites for hydroxylation is 2. The SMILES string of the molecule is CN1CCC(OC2c3ccccc3CCn3cc(-c4ccc(N(C)C(=O)OC(C)(C)C)cc4)nc32)CC1. The lowest BCUT2D eigenvalue weighted by atomic mass is 10.00. The van der Waals surface area contributed by atoms with E-state index in [1.54, 1.807) is 7.05 Å². The number of benzene rings is 2. The van der Waals surface area contributed by atoms with Crippen molar-refractivity contribution in [2.24, 2.45) is 0 Å². The summed E-state index contributed by atoms with van der Waals surface area (Å²) in [5.74, 6) is 0.967. The maximum Gasteiger partial charge on any atom is 0.414 e. The Bertz CT molecular complexity index is 1240. The number of amides is 1. The fourth-order valence-electron chi connectivity index (χ4n) is 5.09. The van der Waals surface area contributed by atoms with Gasteiger partial charge in [0.15, 0.2) is 0 Å². The second-order valence-corrected chi connectivity index (χ2v) is 11.2. The van der Waals surface area contributed by atoms with Gasteiger partial charge in [0.05, 0.1) is 11.8 Å². The molecule has 0 bridgehead atoms. The van der Waals surface area contributed by atoms with Crippen molar-refractivity contribution in [2.75, 3.05) is 32.1 Å². The number of imidazole rings is 1. The van der Waals surface area contributed by atoms with Gasteiger partial charge >= 0.3 is 6.09 Å². The molecule has 0 aliphatic carbocycles. The number of carbonyl (C=O) groups is 1. The van der Waals surface area contributed by atoms with Crippen LogP contribution in [0.3, 0.4) is 0 Å². The zero-order chi connectivity index (χ0) is 26.2. The maximum atomic E-state index is 12.5. The number of carbonyl (C=O) groups excluding carboxylic acids is 1. The molecule has 196 valence electrons. The summed E-state index contributed by atoms with van der Waals surface area (Å²) in [6.45, 7) is 8.59. The van der Waals surface area contributed by atoms with E-state index in [2.05, 4.69) is 47.0 Å². The molecule has 0 radical (unpaired) electrons. The molecule has 2 aromatic carbocycles. The fourth-order valence-corrected chi connectivity index (χ4v) is 5.09. The van der Waals surface area contributed by atoms with Crippen LogP contribution < -0.4 is 4.90 Å². The van der Waals surface area contributed by atoms with Gasteiger partial charge in [-0.05, 0) is 70.3 Å². The van der Waals surface area contributed by atoms with Crippen molar-refractivity contribution >= 4 is 11.8 Å². The summed E-state index contributed by atoms with van der Waals surface area (Å²) >= 11 is 0. The number of likely N-dealkylation sites (tertiary alicyclic amines) is 1. The predicted octanol–water partition coefficient (Wildman–Crippen LogP) is 5.68. The van der Waals surface area contributed by atoms with Crippen molar-refractivity contribution < 1.29 is 14.3 Å². The molecule has 1 fully saturated rings. The number of fused-ring (bicyclic) bond motifs is 2. The lowest BCUT2D eigenvalue weighted by Crippen LogP contribution is -2.35. The molecular formula is C30H38N4O3. The highest BCUT2D eigenvalue weighted by Gasteiger charge is 2.31. The van der Waals surface area contributed by atoms with Crippen LogP contribution in [0.5, 0.6) is 0 Å². The van der Waals surface area contributed by atoms with E-state index in [0.29, 0.717) is 0 Å². The van der Waals surface area contributed by atoms with Gasteiger partial charge in [0.2, 0.25) is 0 Å². The molecule has 1 aromatic heterocycles. The molecule has 37 heavy (non-hydrogen) atoms. The van der Waals surface area contributed by atoms with Crippen molar-refractivity contribution in [3.63, 3.8) is 0 Å². The first-order chi connectivity index (χ1) is 17.7. The second-order valence-electron chi connectivity index (χ2n) is 11.2. The Morgan fingerprint density at radius 2 is 1.73 bits per heavy atom. The number of aromatic nitrogens is 2. The predicted molar refractivity (Wildman–Crippen MR) is 146 cm³/mol. The van der Waals surface area contributed by atoms with E-state index in [1.165, 1.54) is 16.0 Å². The van der Waals surface area contributed by atoms with Crippen molar-refractivity contribution in [3.05, 3.63) is 71.7 Å². The Balaban J connectivity index is 1.41. The lowest BCUT2D eigenvalue weighted by Gasteiger charge is -2.32. The zero-order valence-corrected chi connectivity index (χ0v) is 22.6. The number of hydrogen-bond donors (Lipinski definition) is 0. The van der Waals surface area contributed by atoms with Gasteiger partial charge in [-0.3, -0.25) is 4.90 Å². The van der Waals surface area contributed by atoms with Crippen LogP contribution in [0.25, 0.3) is 11.3 Å². The Labute approximate surface area is 220 Å². The van der Waals surface area contributed by atoms with Gasteiger partial charge in [0.1, 0.15) is 17.5 Å². The highest BCUT2D eigenvalue weighted by molar-refractivity contribution is 5.87. The summed E-state index contributed by atoms with van der Waals surface area (Å²) in [6, 6.07) is 16.5. The summed E-state index contributed by atoms with van der Waals surface area (Å²) < 4.78 is 14.6. The molecule has 2 aliphatic rings. The quantitative estimate of drug-likeness (QED) is 0.460. The zero-order valence-electron chi connectivity index (χ0n) is 22.6. The number of ether oxygens (including phenoxy) is 2. The van der Waals surface area contributed by atoms with Crippen molar-refractivity contribution in [2.45, 2.75) is 64.4 Å².